The van der Waals surface area contributed by atoms with Crippen LogP contribution in [0.1, 0.15) is 6.92 Å². The van der Waals surface area contributed by atoms with Crippen molar-refractivity contribution < 1.29 is 19.0 Å². The van der Waals surface area contributed by atoms with Gasteiger partial charge in [0.25, 0.3) is 5.91 Å². The Bertz CT molecular complexity index is 643. The molecule has 0 aliphatic rings. The van der Waals surface area contributed by atoms with Crippen LogP contribution in [0.3, 0.4) is 0 Å². The standard InChI is InChI=1S/C17H20N2O4/c1-4-19(13-8-9-16(22-3)18-11-13)17(20)12-23-15-7-5-6-14(10-15)21-2/h5-11H,4,12H2,1-3H3. The van der Waals surface area contributed by atoms with E-state index in [0.717, 1.165) is 0 Å². The van der Waals surface area contributed by atoms with Crippen LogP contribution in [-0.2, 0) is 4.79 Å². The monoisotopic (exact) mass is 316 g/mol. The van der Waals surface area contributed by atoms with E-state index >= 15 is 0 Å². The summed E-state index contributed by atoms with van der Waals surface area (Å²) in [7, 11) is 3.13. The van der Waals surface area contributed by atoms with Gasteiger partial charge < -0.3 is 19.1 Å². The zero-order valence-corrected chi connectivity index (χ0v) is 13.5. The van der Waals surface area contributed by atoms with Crippen molar-refractivity contribution in [2.45, 2.75) is 6.92 Å². The number of aromatic nitrogens is 1. The number of nitrogens with zero attached hydrogens (tertiary/aromatic N) is 2. The fourth-order valence-electron chi connectivity index (χ4n) is 2.07. The molecule has 0 fully saturated rings. The van der Waals surface area contributed by atoms with Crippen LogP contribution in [-0.4, -0.2) is 38.3 Å². The Kier molecular flexibility index (Phi) is 5.80. The molecule has 23 heavy (non-hydrogen) atoms. The van der Waals surface area contributed by atoms with Crippen LogP contribution in [0.5, 0.6) is 17.4 Å². The van der Waals surface area contributed by atoms with E-state index in [1.54, 1.807) is 49.6 Å². The minimum absolute atomic E-state index is 0.0625. The maximum absolute atomic E-state index is 12.4. The molecule has 1 aromatic carbocycles. The van der Waals surface area contributed by atoms with Crippen molar-refractivity contribution in [3.8, 4) is 17.4 Å². The van der Waals surface area contributed by atoms with Gasteiger partial charge >= 0.3 is 0 Å². The van der Waals surface area contributed by atoms with Gasteiger partial charge in [0.1, 0.15) is 11.5 Å². The predicted molar refractivity (Wildman–Crippen MR) is 87.3 cm³/mol. The molecule has 2 aromatic rings. The average molecular weight is 316 g/mol. The van der Waals surface area contributed by atoms with Gasteiger partial charge in [0.2, 0.25) is 5.88 Å². The third-order valence-electron chi connectivity index (χ3n) is 3.26. The first kappa shape index (κ1) is 16.6. The smallest absolute Gasteiger partial charge is 0.264 e. The Morgan fingerprint density at radius 1 is 1.13 bits per heavy atom. The zero-order valence-electron chi connectivity index (χ0n) is 13.5. The number of pyridine rings is 1. The fraction of sp³-hybridized carbons (Fsp3) is 0.294. The third-order valence-corrected chi connectivity index (χ3v) is 3.26. The molecule has 6 nitrogen and oxygen atoms in total. The highest BCUT2D eigenvalue weighted by atomic mass is 16.5. The zero-order chi connectivity index (χ0) is 16.7. The fourth-order valence-corrected chi connectivity index (χ4v) is 2.07. The summed E-state index contributed by atoms with van der Waals surface area (Å²) < 4.78 is 15.7. The first-order valence-corrected chi connectivity index (χ1v) is 7.25. The van der Waals surface area contributed by atoms with Gasteiger partial charge in [-0.25, -0.2) is 4.98 Å². The van der Waals surface area contributed by atoms with Crippen molar-refractivity contribution in [3.63, 3.8) is 0 Å². The van der Waals surface area contributed by atoms with Gasteiger partial charge in [-0.1, -0.05) is 6.07 Å². The normalized spacial score (nSPS) is 10.0. The van der Waals surface area contributed by atoms with Gasteiger partial charge in [-0.05, 0) is 25.1 Å². The molecular weight excluding hydrogens is 296 g/mol. The van der Waals surface area contributed by atoms with E-state index in [1.807, 2.05) is 19.1 Å². The van der Waals surface area contributed by atoms with Gasteiger partial charge in [-0.3, -0.25) is 4.79 Å². The summed E-state index contributed by atoms with van der Waals surface area (Å²) in [4.78, 5) is 18.1. The molecule has 6 heteroatoms. The molecule has 0 spiro atoms. The molecule has 0 radical (unpaired) electrons. The molecule has 2 rings (SSSR count). The Balaban J connectivity index is 2.01. The van der Waals surface area contributed by atoms with Gasteiger partial charge in [0.05, 0.1) is 26.1 Å². The molecule has 0 saturated carbocycles. The summed E-state index contributed by atoms with van der Waals surface area (Å²) in [6.07, 6.45) is 1.60. The Hall–Kier alpha value is -2.76. The molecule has 0 unspecified atom stereocenters. The van der Waals surface area contributed by atoms with Gasteiger partial charge in [0, 0.05) is 18.7 Å². The second kappa shape index (κ2) is 8.03. The summed E-state index contributed by atoms with van der Waals surface area (Å²) in [6.45, 7) is 2.36. The second-order valence-electron chi connectivity index (χ2n) is 4.66. The van der Waals surface area contributed by atoms with E-state index in [0.29, 0.717) is 29.6 Å². The van der Waals surface area contributed by atoms with Crippen molar-refractivity contribution in [1.29, 1.82) is 0 Å². The maximum atomic E-state index is 12.4. The third kappa shape index (κ3) is 4.35. The quantitative estimate of drug-likeness (QED) is 0.785. The minimum Gasteiger partial charge on any atom is -0.497 e. The number of carbonyl (C=O) groups is 1. The number of hydrogen-bond donors (Lipinski definition) is 0. The van der Waals surface area contributed by atoms with Gasteiger partial charge in [0.15, 0.2) is 6.61 Å². The number of methoxy groups -OCH3 is 2. The van der Waals surface area contributed by atoms with E-state index in [1.165, 1.54) is 0 Å². The predicted octanol–water partition coefficient (Wildman–Crippen LogP) is 2.53. The largest absolute Gasteiger partial charge is 0.497 e. The van der Waals surface area contributed by atoms with Crippen molar-refractivity contribution in [3.05, 3.63) is 42.6 Å². The number of hydrogen-bond acceptors (Lipinski definition) is 5. The molecule has 1 aromatic heterocycles. The Morgan fingerprint density at radius 3 is 2.52 bits per heavy atom. The lowest BCUT2D eigenvalue weighted by Gasteiger charge is -2.21. The molecule has 0 atom stereocenters. The van der Waals surface area contributed by atoms with E-state index in [4.69, 9.17) is 14.2 Å². The van der Waals surface area contributed by atoms with E-state index < -0.39 is 0 Å². The highest BCUT2D eigenvalue weighted by molar-refractivity contribution is 5.94. The van der Waals surface area contributed by atoms with Crippen molar-refractivity contribution in [1.82, 2.24) is 4.98 Å². The van der Waals surface area contributed by atoms with Crippen molar-refractivity contribution >= 4 is 11.6 Å². The van der Waals surface area contributed by atoms with Crippen LogP contribution < -0.4 is 19.1 Å². The molecule has 122 valence electrons. The molecule has 0 aliphatic heterocycles. The number of amides is 1. The summed E-state index contributed by atoms with van der Waals surface area (Å²) in [6, 6.07) is 10.6. The molecule has 0 N–H and O–H groups in total. The van der Waals surface area contributed by atoms with Gasteiger partial charge in [-0.15, -0.1) is 0 Å². The van der Waals surface area contributed by atoms with Crippen LogP contribution in [0.25, 0.3) is 0 Å². The van der Waals surface area contributed by atoms with E-state index in [-0.39, 0.29) is 12.5 Å². The summed E-state index contributed by atoms with van der Waals surface area (Å²) >= 11 is 0. The number of likely N-dealkylation sites (N-methyl/N-ethyl adjacent to an activating group) is 1. The highest BCUT2D eigenvalue weighted by Gasteiger charge is 2.15. The summed E-state index contributed by atoms with van der Waals surface area (Å²) in [5, 5.41) is 0. The maximum Gasteiger partial charge on any atom is 0.264 e. The van der Waals surface area contributed by atoms with Crippen LogP contribution in [0, 0.1) is 0 Å². The lowest BCUT2D eigenvalue weighted by Crippen LogP contribution is -2.34. The number of ether oxygens (including phenoxy) is 3. The highest BCUT2D eigenvalue weighted by Crippen LogP contribution is 2.20. The molecule has 0 bridgehead atoms. The van der Waals surface area contributed by atoms with E-state index in [2.05, 4.69) is 4.98 Å². The number of rotatable bonds is 7. The number of carbonyl (C=O) groups excluding carboxylic acids is 1. The van der Waals surface area contributed by atoms with E-state index in [9.17, 15) is 4.79 Å². The number of benzene rings is 1. The van der Waals surface area contributed by atoms with Crippen LogP contribution in [0.4, 0.5) is 5.69 Å². The van der Waals surface area contributed by atoms with Crippen molar-refractivity contribution in [2.75, 3.05) is 32.3 Å². The van der Waals surface area contributed by atoms with Gasteiger partial charge in [-0.2, -0.15) is 0 Å². The first-order chi connectivity index (χ1) is 11.2. The van der Waals surface area contributed by atoms with Crippen LogP contribution >= 0.6 is 0 Å². The molecular formula is C17H20N2O4. The molecule has 1 heterocycles. The molecule has 1 amide bonds. The lowest BCUT2D eigenvalue weighted by molar-refractivity contribution is -0.120. The SMILES string of the molecule is CCN(C(=O)COc1cccc(OC)c1)c1ccc(OC)nc1. The Labute approximate surface area is 135 Å². The van der Waals surface area contributed by atoms with Crippen molar-refractivity contribution in [2.24, 2.45) is 0 Å². The lowest BCUT2D eigenvalue weighted by atomic mass is 10.3. The molecule has 0 saturated heterocycles. The minimum atomic E-state index is -0.151. The summed E-state index contributed by atoms with van der Waals surface area (Å²) in [5.41, 5.74) is 0.701. The van der Waals surface area contributed by atoms with Crippen LogP contribution in [0.2, 0.25) is 0 Å². The average Bonchev–Trinajstić information content (AvgIpc) is 2.61. The topological polar surface area (TPSA) is 60.9 Å². The first-order valence-electron chi connectivity index (χ1n) is 7.25. The molecule has 0 aliphatic carbocycles. The second-order valence-corrected chi connectivity index (χ2v) is 4.66. The van der Waals surface area contributed by atoms with Crippen LogP contribution in [0.15, 0.2) is 42.6 Å². The summed E-state index contributed by atoms with van der Waals surface area (Å²) in [5.74, 6) is 1.62. The Morgan fingerprint density at radius 2 is 1.91 bits per heavy atom. The number of anilines is 1.